The summed E-state index contributed by atoms with van der Waals surface area (Å²) in [7, 11) is -3.47. The first-order chi connectivity index (χ1) is 19.7. The molecule has 0 spiro atoms. The molecule has 214 valence electrons. The molecule has 0 saturated carbocycles. The molecule has 0 aliphatic heterocycles. The van der Waals surface area contributed by atoms with E-state index in [1.807, 2.05) is 61.5 Å². The number of hydrogen-bond donors (Lipinski definition) is 3. The Hall–Kier alpha value is -4.28. The number of amides is 1. The number of hydrogen-bond acceptors (Lipinski definition) is 7. The van der Waals surface area contributed by atoms with Crippen LogP contribution in [0.5, 0.6) is 5.75 Å². The average Bonchev–Trinajstić information content (AvgIpc) is 2.96. The summed E-state index contributed by atoms with van der Waals surface area (Å²) >= 11 is 0. The van der Waals surface area contributed by atoms with E-state index in [0.29, 0.717) is 31.0 Å². The van der Waals surface area contributed by atoms with Gasteiger partial charge in [0.05, 0.1) is 11.9 Å². The van der Waals surface area contributed by atoms with E-state index in [-0.39, 0.29) is 24.7 Å². The Morgan fingerprint density at radius 2 is 1.71 bits per heavy atom. The number of phenols is 1. The van der Waals surface area contributed by atoms with Gasteiger partial charge in [-0.2, -0.15) is 4.31 Å². The van der Waals surface area contributed by atoms with Gasteiger partial charge in [0, 0.05) is 43.5 Å². The Kier molecular flexibility index (Phi) is 10.0. The van der Waals surface area contributed by atoms with Crippen LogP contribution in [0.3, 0.4) is 0 Å². The highest BCUT2D eigenvalue weighted by Gasteiger charge is 2.17. The smallest absolute Gasteiger partial charge is 0.251 e. The molecule has 1 amide bonds. The van der Waals surface area contributed by atoms with Gasteiger partial charge in [0.2, 0.25) is 16.0 Å². The van der Waals surface area contributed by atoms with E-state index >= 15 is 0 Å². The number of aromatic nitrogens is 2. The van der Waals surface area contributed by atoms with Crippen molar-refractivity contribution in [1.82, 2.24) is 19.6 Å². The normalized spacial score (nSPS) is 11.4. The van der Waals surface area contributed by atoms with E-state index in [2.05, 4.69) is 20.6 Å². The molecule has 1 heterocycles. The number of nitrogens with one attached hydrogen (secondary N) is 2. The topological polar surface area (TPSA) is 125 Å². The van der Waals surface area contributed by atoms with Crippen LogP contribution in [-0.2, 0) is 23.0 Å². The third-order valence-corrected chi connectivity index (χ3v) is 7.77. The third-order valence-electron chi connectivity index (χ3n) is 6.52. The Bertz CT molecular complexity index is 1560. The number of carbonyl (C=O) groups excluding carboxylic acids is 1. The zero-order valence-corrected chi connectivity index (χ0v) is 24.1. The molecular weight excluding hydrogens is 538 g/mol. The van der Waals surface area contributed by atoms with Crippen molar-refractivity contribution in [3.8, 4) is 17.0 Å². The van der Waals surface area contributed by atoms with Crippen molar-refractivity contribution in [1.29, 1.82) is 0 Å². The van der Waals surface area contributed by atoms with Gasteiger partial charge in [0.1, 0.15) is 5.75 Å². The summed E-state index contributed by atoms with van der Waals surface area (Å²) in [5.41, 5.74) is 5.14. The molecule has 0 radical (unpaired) electrons. The standard InChI is InChI=1S/C31H35N5O4S/c1-23-7-11-26(12-8-23)30(38)32-17-4-20-36(41(2,39)40)22-25-5-3-6-27(21-25)29-16-19-34-31(35-29)33-18-15-24-9-13-28(37)14-10-24/h3,5-14,16,19,21,37H,4,15,17-18,20,22H2,1-2H3,(H,32,38)(H,33,34,35). The first kappa shape index (κ1) is 29.7. The maximum Gasteiger partial charge on any atom is 0.251 e. The van der Waals surface area contributed by atoms with Gasteiger partial charge in [-0.25, -0.2) is 18.4 Å². The second-order valence-electron chi connectivity index (χ2n) is 9.88. The zero-order chi connectivity index (χ0) is 29.2. The van der Waals surface area contributed by atoms with E-state index in [9.17, 15) is 18.3 Å². The molecule has 0 atom stereocenters. The van der Waals surface area contributed by atoms with Crippen molar-refractivity contribution in [3.63, 3.8) is 0 Å². The number of nitrogens with zero attached hydrogens (tertiary/aromatic N) is 3. The van der Waals surface area contributed by atoms with Crippen LogP contribution >= 0.6 is 0 Å². The van der Waals surface area contributed by atoms with Crippen LogP contribution in [0.2, 0.25) is 0 Å². The van der Waals surface area contributed by atoms with Crippen LogP contribution in [0.25, 0.3) is 11.3 Å². The van der Waals surface area contributed by atoms with E-state index in [0.717, 1.165) is 34.4 Å². The molecule has 0 unspecified atom stereocenters. The lowest BCUT2D eigenvalue weighted by Crippen LogP contribution is -2.33. The molecule has 10 heteroatoms. The summed E-state index contributed by atoms with van der Waals surface area (Å²) in [6, 6.07) is 23.8. The molecule has 41 heavy (non-hydrogen) atoms. The van der Waals surface area contributed by atoms with Crippen molar-refractivity contribution in [3.05, 3.63) is 107 Å². The molecule has 4 aromatic rings. The number of rotatable bonds is 13. The molecule has 3 N–H and O–H groups in total. The van der Waals surface area contributed by atoms with Crippen LogP contribution in [0.1, 0.15) is 33.5 Å². The lowest BCUT2D eigenvalue weighted by molar-refractivity contribution is 0.0952. The van der Waals surface area contributed by atoms with E-state index in [1.165, 1.54) is 10.6 Å². The van der Waals surface area contributed by atoms with E-state index in [4.69, 9.17) is 0 Å². The van der Waals surface area contributed by atoms with Gasteiger partial charge in [-0.1, -0.05) is 48.0 Å². The average molecular weight is 574 g/mol. The zero-order valence-electron chi connectivity index (χ0n) is 23.2. The minimum atomic E-state index is -3.47. The monoisotopic (exact) mass is 573 g/mol. The molecular formula is C31H35N5O4S. The van der Waals surface area contributed by atoms with E-state index < -0.39 is 10.0 Å². The van der Waals surface area contributed by atoms with Crippen molar-refractivity contribution < 1.29 is 18.3 Å². The molecule has 0 bridgehead atoms. The van der Waals surface area contributed by atoms with Gasteiger partial charge in [-0.05, 0) is 67.3 Å². The predicted molar refractivity (Wildman–Crippen MR) is 161 cm³/mol. The molecule has 4 rings (SSSR count). The third kappa shape index (κ3) is 9.12. The molecule has 1 aromatic heterocycles. The maximum atomic E-state index is 12.5. The number of phenolic OH excluding ortho intramolecular Hbond substituents is 1. The van der Waals surface area contributed by atoms with Crippen LogP contribution in [-0.4, -0.2) is 59.6 Å². The largest absolute Gasteiger partial charge is 0.508 e. The fraction of sp³-hybridized carbons (Fsp3) is 0.258. The minimum absolute atomic E-state index is 0.178. The maximum absolute atomic E-state index is 12.5. The predicted octanol–water partition coefficient (Wildman–Crippen LogP) is 4.39. The Balaban J connectivity index is 1.34. The lowest BCUT2D eigenvalue weighted by Gasteiger charge is -2.20. The van der Waals surface area contributed by atoms with Gasteiger partial charge in [0.25, 0.3) is 5.91 Å². The molecule has 9 nitrogen and oxygen atoms in total. The summed E-state index contributed by atoms with van der Waals surface area (Å²) in [5.74, 6) is 0.557. The van der Waals surface area contributed by atoms with Crippen LogP contribution in [0.15, 0.2) is 85.1 Å². The first-order valence-electron chi connectivity index (χ1n) is 13.4. The molecule has 0 saturated heterocycles. The fourth-order valence-corrected chi connectivity index (χ4v) is 5.09. The van der Waals surface area contributed by atoms with Gasteiger partial charge < -0.3 is 15.7 Å². The second-order valence-corrected chi connectivity index (χ2v) is 11.9. The van der Waals surface area contributed by atoms with Crippen molar-refractivity contribution in [2.45, 2.75) is 26.3 Å². The Morgan fingerprint density at radius 1 is 0.951 bits per heavy atom. The Morgan fingerprint density at radius 3 is 2.44 bits per heavy atom. The summed E-state index contributed by atoms with van der Waals surface area (Å²) in [5, 5.41) is 15.5. The summed E-state index contributed by atoms with van der Waals surface area (Å²) in [4.78, 5) is 21.3. The van der Waals surface area contributed by atoms with Gasteiger partial charge in [0.15, 0.2) is 0 Å². The lowest BCUT2D eigenvalue weighted by atomic mass is 10.1. The summed E-state index contributed by atoms with van der Waals surface area (Å²) in [6.45, 7) is 3.44. The Labute approximate surface area is 241 Å². The minimum Gasteiger partial charge on any atom is -0.508 e. The highest BCUT2D eigenvalue weighted by molar-refractivity contribution is 7.88. The fourth-order valence-electron chi connectivity index (χ4n) is 4.25. The first-order valence-corrected chi connectivity index (χ1v) is 15.3. The highest BCUT2D eigenvalue weighted by atomic mass is 32.2. The quantitative estimate of drug-likeness (QED) is 0.203. The van der Waals surface area contributed by atoms with Crippen molar-refractivity contribution in [2.75, 3.05) is 31.2 Å². The van der Waals surface area contributed by atoms with Crippen LogP contribution < -0.4 is 10.6 Å². The van der Waals surface area contributed by atoms with Crippen molar-refractivity contribution >= 4 is 21.9 Å². The summed E-state index contributed by atoms with van der Waals surface area (Å²) in [6.07, 6.45) is 4.11. The highest BCUT2D eigenvalue weighted by Crippen LogP contribution is 2.21. The number of benzene rings is 3. The van der Waals surface area contributed by atoms with Crippen LogP contribution in [0.4, 0.5) is 5.95 Å². The van der Waals surface area contributed by atoms with E-state index in [1.54, 1.807) is 30.5 Å². The number of aryl methyl sites for hydroxylation is 1. The molecule has 3 aromatic carbocycles. The number of sulfonamides is 1. The van der Waals surface area contributed by atoms with Gasteiger partial charge >= 0.3 is 0 Å². The SMILES string of the molecule is Cc1ccc(C(=O)NCCCN(Cc2cccc(-c3ccnc(NCCc4ccc(O)cc4)n3)c2)S(C)(=O)=O)cc1. The second kappa shape index (κ2) is 13.9. The molecule has 0 aliphatic carbocycles. The van der Waals surface area contributed by atoms with Gasteiger partial charge in [-0.15, -0.1) is 0 Å². The number of aromatic hydroxyl groups is 1. The van der Waals surface area contributed by atoms with Gasteiger partial charge in [-0.3, -0.25) is 4.79 Å². The number of anilines is 1. The van der Waals surface area contributed by atoms with Crippen LogP contribution in [0, 0.1) is 6.92 Å². The molecule has 0 aliphatic rings. The van der Waals surface area contributed by atoms with Crippen molar-refractivity contribution in [2.24, 2.45) is 0 Å². The summed E-state index contributed by atoms with van der Waals surface area (Å²) < 4.78 is 26.5. The number of carbonyl (C=O) groups is 1. The molecule has 0 fully saturated rings.